The Labute approximate surface area is 75.8 Å². The molecule has 12 heavy (non-hydrogen) atoms. The molecule has 0 radical (unpaired) electrons. The highest BCUT2D eigenvalue weighted by Gasteiger charge is 2.20. The molecule has 1 aliphatic rings. The first-order chi connectivity index (χ1) is 5.66. The first-order valence-corrected chi connectivity index (χ1v) is 4.94. The summed E-state index contributed by atoms with van der Waals surface area (Å²) in [5, 5.41) is 0. The van der Waals surface area contributed by atoms with Gasteiger partial charge in [-0.1, -0.05) is 26.8 Å². The summed E-state index contributed by atoms with van der Waals surface area (Å²) in [7, 11) is 2.20. The van der Waals surface area contributed by atoms with Gasteiger partial charge in [-0.15, -0.1) is 0 Å². The van der Waals surface area contributed by atoms with Crippen molar-refractivity contribution >= 4 is 5.71 Å². The predicted octanol–water partition coefficient (Wildman–Crippen LogP) is 2.47. The van der Waals surface area contributed by atoms with E-state index in [0.29, 0.717) is 5.92 Å². The molecule has 1 rings (SSSR count). The fraction of sp³-hybridized carbons (Fsp3) is 0.727. The predicted molar refractivity (Wildman–Crippen MR) is 53.9 cm³/mol. The van der Waals surface area contributed by atoms with E-state index in [1.807, 2.05) is 0 Å². The van der Waals surface area contributed by atoms with Crippen LogP contribution in [-0.2, 0) is 0 Å². The van der Waals surface area contributed by atoms with E-state index < -0.39 is 0 Å². The highest BCUT2D eigenvalue weighted by Crippen LogP contribution is 2.17. The van der Waals surface area contributed by atoms with Gasteiger partial charge in [0, 0.05) is 18.4 Å². The molecule has 1 nitrogen and oxygen atoms in total. The van der Waals surface area contributed by atoms with Gasteiger partial charge in [-0.2, -0.15) is 0 Å². The number of allylic oxidation sites excluding steroid dienone is 1. The molecule has 1 aliphatic heterocycles. The third kappa shape index (κ3) is 1.77. The van der Waals surface area contributed by atoms with Crippen molar-refractivity contribution in [2.45, 2.75) is 33.6 Å². The molecule has 0 amide bonds. The fourth-order valence-electron chi connectivity index (χ4n) is 1.93. The second kappa shape index (κ2) is 3.88. The van der Waals surface area contributed by atoms with Crippen LogP contribution in [0.15, 0.2) is 11.6 Å². The Bertz CT molecular complexity index is 221. The maximum absolute atomic E-state index is 2.41. The molecule has 68 valence electrons. The average molecular weight is 166 g/mol. The second-order valence-electron chi connectivity index (χ2n) is 3.82. The molecule has 0 spiro atoms. The van der Waals surface area contributed by atoms with Gasteiger partial charge in [0.05, 0.1) is 0 Å². The Balaban J connectivity index is 2.92. The summed E-state index contributed by atoms with van der Waals surface area (Å²) in [6.45, 7) is 7.99. The fourth-order valence-corrected chi connectivity index (χ4v) is 1.93. The summed E-state index contributed by atoms with van der Waals surface area (Å²) in [5.74, 6) is 0.683. The van der Waals surface area contributed by atoms with E-state index in [9.17, 15) is 0 Å². The van der Waals surface area contributed by atoms with Crippen molar-refractivity contribution in [1.29, 1.82) is 0 Å². The lowest BCUT2D eigenvalue weighted by Gasteiger charge is -2.16. The Hall–Kier alpha value is -0.590. The van der Waals surface area contributed by atoms with Crippen molar-refractivity contribution in [2.24, 2.45) is 5.92 Å². The maximum atomic E-state index is 2.41. The molecular weight excluding hydrogens is 146 g/mol. The van der Waals surface area contributed by atoms with Gasteiger partial charge in [-0.3, -0.25) is 0 Å². The van der Waals surface area contributed by atoms with Gasteiger partial charge in [-0.05, 0) is 5.92 Å². The second-order valence-corrected chi connectivity index (χ2v) is 3.82. The molecule has 1 heteroatoms. The normalized spacial score (nSPS) is 18.6. The van der Waals surface area contributed by atoms with Crippen LogP contribution in [0.5, 0.6) is 0 Å². The lowest BCUT2D eigenvalue weighted by atomic mass is 9.93. The zero-order valence-electron chi connectivity index (χ0n) is 8.72. The summed E-state index contributed by atoms with van der Waals surface area (Å²) in [4.78, 5) is 0. The molecule has 0 bridgehead atoms. The lowest BCUT2D eigenvalue weighted by molar-refractivity contribution is -0.498. The summed E-state index contributed by atoms with van der Waals surface area (Å²) in [5.41, 5.74) is 3.10. The van der Waals surface area contributed by atoms with Crippen LogP contribution in [0, 0.1) is 5.92 Å². The number of nitrogens with zero attached hydrogens (tertiary/aromatic N) is 1. The monoisotopic (exact) mass is 166 g/mol. The van der Waals surface area contributed by atoms with Crippen LogP contribution in [0.4, 0.5) is 0 Å². The van der Waals surface area contributed by atoms with Gasteiger partial charge < -0.3 is 0 Å². The molecule has 0 aromatic carbocycles. The van der Waals surface area contributed by atoms with E-state index >= 15 is 0 Å². The van der Waals surface area contributed by atoms with Gasteiger partial charge in [0.2, 0.25) is 0 Å². The van der Waals surface area contributed by atoms with Gasteiger partial charge in [0.25, 0.3) is 0 Å². The van der Waals surface area contributed by atoms with Crippen LogP contribution < -0.4 is 0 Å². The van der Waals surface area contributed by atoms with E-state index in [-0.39, 0.29) is 0 Å². The molecule has 0 N–H and O–H groups in total. The number of hydrogen-bond donors (Lipinski definition) is 0. The molecule has 0 unspecified atom stereocenters. The Morgan fingerprint density at radius 3 is 2.58 bits per heavy atom. The molecule has 0 aliphatic carbocycles. The van der Waals surface area contributed by atoms with Gasteiger partial charge in [0.1, 0.15) is 13.6 Å². The minimum atomic E-state index is 0.683. The Morgan fingerprint density at radius 1 is 1.50 bits per heavy atom. The zero-order valence-corrected chi connectivity index (χ0v) is 8.72. The van der Waals surface area contributed by atoms with Crippen molar-refractivity contribution < 1.29 is 4.58 Å². The first-order valence-electron chi connectivity index (χ1n) is 4.94. The smallest absolute Gasteiger partial charge is 0.178 e. The summed E-state index contributed by atoms with van der Waals surface area (Å²) >= 11 is 0. The first kappa shape index (κ1) is 9.50. The van der Waals surface area contributed by atoms with Crippen molar-refractivity contribution in [3.8, 4) is 0 Å². The largest absolute Gasteiger partial charge is 0.236 e. The van der Waals surface area contributed by atoms with E-state index in [1.165, 1.54) is 25.1 Å². The highest BCUT2D eigenvalue weighted by molar-refractivity contribution is 5.96. The molecule has 0 aromatic heterocycles. The van der Waals surface area contributed by atoms with Crippen molar-refractivity contribution in [3.63, 3.8) is 0 Å². The lowest BCUT2D eigenvalue weighted by Crippen LogP contribution is -2.25. The van der Waals surface area contributed by atoms with Crippen LogP contribution in [0.2, 0.25) is 0 Å². The standard InChI is InChI=1S/C11H20N/c1-5-11-10(9(2)3)7-6-8-12(11)4/h7,9H,5-6,8H2,1-4H3/q+1. The molecule has 0 fully saturated rings. The minimum absolute atomic E-state index is 0.683. The van der Waals surface area contributed by atoms with Gasteiger partial charge in [0.15, 0.2) is 5.71 Å². The summed E-state index contributed by atoms with van der Waals surface area (Å²) in [6.07, 6.45) is 4.79. The Kier molecular flexibility index (Phi) is 3.07. The van der Waals surface area contributed by atoms with Crippen LogP contribution in [0.1, 0.15) is 33.6 Å². The van der Waals surface area contributed by atoms with E-state index in [2.05, 4.69) is 38.5 Å². The van der Waals surface area contributed by atoms with E-state index in [4.69, 9.17) is 0 Å². The molecular formula is C11H20N+. The van der Waals surface area contributed by atoms with Gasteiger partial charge in [-0.25, -0.2) is 4.58 Å². The zero-order chi connectivity index (χ0) is 9.14. The van der Waals surface area contributed by atoms with Crippen LogP contribution in [0.3, 0.4) is 0 Å². The van der Waals surface area contributed by atoms with Crippen molar-refractivity contribution in [3.05, 3.63) is 11.6 Å². The maximum Gasteiger partial charge on any atom is 0.178 e. The minimum Gasteiger partial charge on any atom is -0.236 e. The molecule has 0 saturated heterocycles. The summed E-state index contributed by atoms with van der Waals surface area (Å²) < 4.78 is 2.40. The Morgan fingerprint density at radius 2 is 2.17 bits per heavy atom. The van der Waals surface area contributed by atoms with Crippen molar-refractivity contribution in [1.82, 2.24) is 0 Å². The number of hydrogen-bond acceptors (Lipinski definition) is 0. The quantitative estimate of drug-likeness (QED) is 0.554. The van der Waals surface area contributed by atoms with Crippen LogP contribution in [-0.4, -0.2) is 23.9 Å². The van der Waals surface area contributed by atoms with E-state index in [1.54, 1.807) is 5.57 Å². The highest BCUT2D eigenvalue weighted by atomic mass is 15.0. The van der Waals surface area contributed by atoms with Crippen LogP contribution >= 0.6 is 0 Å². The SMILES string of the molecule is CCC1=[N+](C)CCC=C1C(C)C. The van der Waals surface area contributed by atoms with E-state index in [0.717, 1.165) is 0 Å². The third-order valence-corrected chi connectivity index (χ3v) is 2.58. The molecule has 0 saturated carbocycles. The molecule has 0 aromatic rings. The molecule has 1 heterocycles. The topological polar surface area (TPSA) is 3.01 Å². The average Bonchev–Trinajstić information content (AvgIpc) is 2.03. The number of rotatable bonds is 2. The van der Waals surface area contributed by atoms with Crippen LogP contribution in [0.25, 0.3) is 0 Å². The third-order valence-electron chi connectivity index (χ3n) is 2.58. The van der Waals surface area contributed by atoms with Gasteiger partial charge >= 0.3 is 0 Å². The van der Waals surface area contributed by atoms with Crippen molar-refractivity contribution in [2.75, 3.05) is 13.6 Å². The molecule has 0 atom stereocenters. The summed E-state index contributed by atoms with van der Waals surface area (Å²) in [6, 6.07) is 0.